The number of anilines is 2. The second-order valence-corrected chi connectivity index (χ2v) is 4.69. The molecule has 1 unspecified atom stereocenters. The summed E-state index contributed by atoms with van der Waals surface area (Å²) in [4.78, 5) is 15.7. The fourth-order valence-electron chi connectivity index (χ4n) is 2.06. The van der Waals surface area contributed by atoms with Crippen molar-refractivity contribution >= 4 is 17.5 Å². The summed E-state index contributed by atoms with van der Waals surface area (Å²) in [5, 5.41) is 3.15. The molecule has 1 aromatic rings. The van der Waals surface area contributed by atoms with Crippen molar-refractivity contribution in [3.63, 3.8) is 0 Å². The second kappa shape index (κ2) is 6.06. The molecule has 3 N–H and O–H groups in total. The quantitative estimate of drug-likeness (QED) is 0.766. The Labute approximate surface area is 117 Å². The zero-order chi connectivity index (χ0) is 14.6. The van der Waals surface area contributed by atoms with Gasteiger partial charge in [-0.2, -0.15) is 0 Å². The van der Waals surface area contributed by atoms with E-state index in [0.29, 0.717) is 31.1 Å². The highest BCUT2D eigenvalue weighted by Gasteiger charge is 2.34. The van der Waals surface area contributed by atoms with Gasteiger partial charge in [0.25, 0.3) is 0 Å². The van der Waals surface area contributed by atoms with Gasteiger partial charge < -0.3 is 25.3 Å². The number of methoxy groups -OCH3 is 2. The first-order chi connectivity index (χ1) is 9.60. The van der Waals surface area contributed by atoms with E-state index < -0.39 is 5.97 Å². The molecule has 0 amide bonds. The van der Waals surface area contributed by atoms with Gasteiger partial charge in [0.15, 0.2) is 0 Å². The SMILES string of the molecule is COC(=O)c1cc(NCC2(OC)CCOC2)ncc1N. The van der Waals surface area contributed by atoms with Crippen LogP contribution in [0.5, 0.6) is 0 Å². The number of pyridine rings is 1. The van der Waals surface area contributed by atoms with Gasteiger partial charge in [0.05, 0.1) is 31.2 Å². The van der Waals surface area contributed by atoms with Crippen LogP contribution in [0.3, 0.4) is 0 Å². The fraction of sp³-hybridized carbons (Fsp3) is 0.538. The standard InChI is InChI=1S/C13H19N3O4/c1-18-12(17)9-5-11(15-6-10(9)14)16-7-13(19-2)3-4-20-8-13/h5-6H,3-4,7-8,14H2,1-2H3,(H,15,16). The number of esters is 1. The van der Waals surface area contributed by atoms with E-state index in [-0.39, 0.29) is 11.3 Å². The van der Waals surface area contributed by atoms with Gasteiger partial charge in [-0.1, -0.05) is 0 Å². The van der Waals surface area contributed by atoms with Crippen LogP contribution in [0.25, 0.3) is 0 Å². The van der Waals surface area contributed by atoms with Gasteiger partial charge in [0.2, 0.25) is 0 Å². The third kappa shape index (κ3) is 3.00. The minimum atomic E-state index is -0.487. The molecule has 1 atom stereocenters. The molecule has 0 saturated carbocycles. The van der Waals surface area contributed by atoms with Crippen LogP contribution in [0.4, 0.5) is 11.5 Å². The Hall–Kier alpha value is -1.86. The molecule has 2 heterocycles. The number of hydrogen-bond acceptors (Lipinski definition) is 7. The molecule has 7 nitrogen and oxygen atoms in total. The lowest BCUT2D eigenvalue weighted by Gasteiger charge is -2.26. The van der Waals surface area contributed by atoms with Crippen molar-refractivity contribution in [2.24, 2.45) is 0 Å². The summed E-state index contributed by atoms with van der Waals surface area (Å²) in [6.45, 7) is 1.76. The van der Waals surface area contributed by atoms with Gasteiger partial charge in [-0.15, -0.1) is 0 Å². The highest BCUT2D eigenvalue weighted by molar-refractivity contribution is 5.95. The summed E-state index contributed by atoms with van der Waals surface area (Å²) < 4.78 is 15.5. The van der Waals surface area contributed by atoms with Crippen molar-refractivity contribution in [1.82, 2.24) is 4.98 Å². The van der Waals surface area contributed by atoms with Crippen LogP contribution in [0.15, 0.2) is 12.3 Å². The molecule has 0 radical (unpaired) electrons. The molecule has 20 heavy (non-hydrogen) atoms. The van der Waals surface area contributed by atoms with E-state index in [0.717, 1.165) is 6.42 Å². The fourth-order valence-corrected chi connectivity index (χ4v) is 2.06. The van der Waals surface area contributed by atoms with Crippen molar-refractivity contribution in [2.75, 3.05) is 45.0 Å². The summed E-state index contributed by atoms with van der Waals surface area (Å²) in [5.41, 5.74) is 5.92. The minimum Gasteiger partial charge on any atom is -0.465 e. The van der Waals surface area contributed by atoms with Crippen molar-refractivity contribution in [3.8, 4) is 0 Å². The minimum absolute atomic E-state index is 0.285. The van der Waals surface area contributed by atoms with Crippen LogP contribution in [0.1, 0.15) is 16.8 Å². The molecule has 1 fully saturated rings. The van der Waals surface area contributed by atoms with E-state index in [2.05, 4.69) is 15.0 Å². The van der Waals surface area contributed by atoms with Gasteiger partial charge in [-0.3, -0.25) is 0 Å². The van der Waals surface area contributed by atoms with Crippen molar-refractivity contribution in [1.29, 1.82) is 0 Å². The number of nitrogens with zero attached hydrogens (tertiary/aromatic N) is 1. The van der Waals surface area contributed by atoms with E-state index in [9.17, 15) is 4.79 Å². The molecule has 0 aliphatic carbocycles. The van der Waals surface area contributed by atoms with Gasteiger partial charge in [0, 0.05) is 26.7 Å². The number of nitrogen functional groups attached to an aromatic ring is 1. The van der Waals surface area contributed by atoms with Crippen molar-refractivity contribution < 1.29 is 19.0 Å². The van der Waals surface area contributed by atoms with E-state index in [1.165, 1.54) is 13.3 Å². The van der Waals surface area contributed by atoms with Gasteiger partial charge in [-0.25, -0.2) is 9.78 Å². The zero-order valence-corrected chi connectivity index (χ0v) is 11.6. The van der Waals surface area contributed by atoms with Crippen molar-refractivity contribution in [3.05, 3.63) is 17.8 Å². The average Bonchev–Trinajstić information content (AvgIpc) is 2.95. The van der Waals surface area contributed by atoms with Crippen LogP contribution >= 0.6 is 0 Å². The number of ether oxygens (including phenoxy) is 3. The lowest BCUT2D eigenvalue weighted by atomic mass is 10.0. The molecule has 0 aromatic carbocycles. The normalized spacial score (nSPS) is 21.7. The number of carbonyl (C=O) groups excluding carboxylic acids is 1. The summed E-state index contributed by atoms with van der Waals surface area (Å²) >= 11 is 0. The molecule has 1 aliphatic rings. The summed E-state index contributed by atoms with van der Waals surface area (Å²) in [6.07, 6.45) is 2.24. The number of carbonyl (C=O) groups is 1. The number of aromatic nitrogens is 1. The van der Waals surface area contributed by atoms with Gasteiger partial charge in [0.1, 0.15) is 11.4 Å². The number of hydrogen-bond donors (Lipinski definition) is 2. The number of nitrogens with one attached hydrogen (secondary N) is 1. The van der Waals surface area contributed by atoms with Crippen LogP contribution in [0.2, 0.25) is 0 Å². The van der Waals surface area contributed by atoms with Crippen LogP contribution < -0.4 is 11.1 Å². The predicted molar refractivity (Wildman–Crippen MR) is 73.7 cm³/mol. The van der Waals surface area contributed by atoms with Gasteiger partial charge >= 0.3 is 5.97 Å². The van der Waals surface area contributed by atoms with E-state index in [4.69, 9.17) is 15.2 Å². The monoisotopic (exact) mass is 281 g/mol. The molecular weight excluding hydrogens is 262 g/mol. The predicted octanol–water partition coefficient (Wildman–Crippen LogP) is 0.668. The van der Waals surface area contributed by atoms with E-state index in [1.54, 1.807) is 13.2 Å². The van der Waals surface area contributed by atoms with Crippen LogP contribution in [-0.4, -0.2) is 50.5 Å². The molecular formula is C13H19N3O4. The Morgan fingerprint density at radius 2 is 2.40 bits per heavy atom. The molecule has 1 aliphatic heterocycles. The topological polar surface area (TPSA) is 95.7 Å². The number of rotatable bonds is 5. The Morgan fingerprint density at radius 3 is 3.00 bits per heavy atom. The lowest BCUT2D eigenvalue weighted by molar-refractivity contribution is -0.00625. The zero-order valence-electron chi connectivity index (χ0n) is 11.6. The summed E-state index contributed by atoms with van der Waals surface area (Å²) in [7, 11) is 2.97. The van der Waals surface area contributed by atoms with E-state index >= 15 is 0 Å². The smallest absolute Gasteiger partial charge is 0.340 e. The van der Waals surface area contributed by atoms with E-state index in [1.807, 2.05) is 0 Å². The molecule has 0 bridgehead atoms. The Morgan fingerprint density at radius 1 is 1.60 bits per heavy atom. The lowest BCUT2D eigenvalue weighted by Crippen LogP contribution is -2.39. The third-order valence-corrected chi connectivity index (χ3v) is 3.43. The van der Waals surface area contributed by atoms with Crippen molar-refractivity contribution in [2.45, 2.75) is 12.0 Å². The Kier molecular flexibility index (Phi) is 4.41. The molecule has 110 valence electrons. The summed E-state index contributed by atoms with van der Waals surface area (Å²) in [6, 6.07) is 1.57. The first-order valence-corrected chi connectivity index (χ1v) is 6.31. The Balaban J connectivity index is 2.08. The van der Waals surface area contributed by atoms with Gasteiger partial charge in [-0.05, 0) is 6.07 Å². The molecule has 1 saturated heterocycles. The second-order valence-electron chi connectivity index (χ2n) is 4.69. The third-order valence-electron chi connectivity index (χ3n) is 3.43. The molecule has 0 spiro atoms. The van der Waals surface area contributed by atoms with Crippen LogP contribution in [0, 0.1) is 0 Å². The maximum absolute atomic E-state index is 11.6. The molecule has 2 rings (SSSR count). The van der Waals surface area contributed by atoms with Crippen LogP contribution in [-0.2, 0) is 14.2 Å². The first-order valence-electron chi connectivity index (χ1n) is 6.31. The highest BCUT2D eigenvalue weighted by atomic mass is 16.5. The largest absolute Gasteiger partial charge is 0.465 e. The maximum Gasteiger partial charge on any atom is 0.340 e. The maximum atomic E-state index is 11.6. The number of nitrogens with two attached hydrogens (primary N) is 1. The molecule has 1 aromatic heterocycles. The molecule has 7 heteroatoms. The first kappa shape index (κ1) is 14.5. The summed E-state index contributed by atoms with van der Waals surface area (Å²) in [5.74, 6) is 0.0570. The average molecular weight is 281 g/mol. The highest BCUT2D eigenvalue weighted by Crippen LogP contribution is 2.23. The Bertz CT molecular complexity index is 487.